The van der Waals surface area contributed by atoms with Gasteiger partial charge in [-0.2, -0.15) is 0 Å². The van der Waals surface area contributed by atoms with E-state index in [4.69, 9.17) is 0 Å². The van der Waals surface area contributed by atoms with Gasteiger partial charge in [-0.1, -0.05) is 189 Å². The number of rotatable bonds is 9. The van der Waals surface area contributed by atoms with Crippen molar-refractivity contribution in [3.8, 4) is 0 Å². The first-order valence-corrected chi connectivity index (χ1v) is 25.9. The third-order valence-corrected chi connectivity index (χ3v) is 17.8. The molecule has 10 unspecified atom stereocenters. The first-order valence-electron chi connectivity index (χ1n) is 25.9. The van der Waals surface area contributed by atoms with Crippen molar-refractivity contribution in [3.05, 3.63) is 0 Å². The molecule has 6 saturated carbocycles. The lowest BCUT2D eigenvalue weighted by molar-refractivity contribution is -0.00551. The van der Waals surface area contributed by atoms with Crippen LogP contribution in [-0.2, 0) is 0 Å². The summed E-state index contributed by atoms with van der Waals surface area (Å²) < 4.78 is 0. The zero-order chi connectivity index (χ0) is 37.9. The molecule has 0 N–H and O–H groups in total. The van der Waals surface area contributed by atoms with Gasteiger partial charge in [-0.3, -0.25) is 9.80 Å². The molecule has 0 aliphatic heterocycles. The molecule has 0 spiro atoms. The Morgan fingerprint density at radius 3 is 1.52 bits per heavy atom. The molecule has 0 radical (unpaired) electrons. The van der Waals surface area contributed by atoms with Crippen LogP contribution in [0.2, 0.25) is 0 Å². The molecule has 10 atom stereocenters. The van der Waals surface area contributed by atoms with Gasteiger partial charge in [0.25, 0.3) is 0 Å². The van der Waals surface area contributed by atoms with Crippen LogP contribution in [0.5, 0.6) is 0 Å². The predicted octanol–water partition coefficient (Wildman–Crippen LogP) is 15.6. The lowest BCUT2D eigenvalue weighted by Crippen LogP contribution is -2.54. The Hall–Kier alpha value is -0.0800. The summed E-state index contributed by atoms with van der Waals surface area (Å²) in [5.41, 5.74) is 0.433. The maximum atomic E-state index is 3.50. The van der Waals surface area contributed by atoms with Gasteiger partial charge in [-0.15, -0.1) is 0 Å². The SMILES string of the molecule is CCCC1CC(CC)C2C(C(N(C3CCCCCCC3)C3CCCCCCC(C)C(C)(C)C3)C1)C2N(C1CCCCCCC1)C1CCCCCCC(C)C1. The van der Waals surface area contributed by atoms with Gasteiger partial charge in [0.05, 0.1) is 0 Å². The zero-order valence-corrected chi connectivity index (χ0v) is 37.7. The minimum absolute atomic E-state index is 0.433. The van der Waals surface area contributed by atoms with Gasteiger partial charge in [0, 0.05) is 36.3 Å². The smallest absolute Gasteiger partial charge is 0.0182 e. The topological polar surface area (TPSA) is 6.48 Å². The molecule has 2 nitrogen and oxygen atoms in total. The van der Waals surface area contributed by atoms with Crippen molar-refractivity contribution in [2.24, 2.45) is 40.9 Å². The normalized spacial score (nSPS) is 39.1. The highest BCUT2D eigenvalue weighted by molar-refractivity contribution is 5.17. The van der Waals surface area contributed by atoms with Gasteiger partial charge in [-0.25, -0.2) is 0 Å². The molecule has 54 heavy (non-hydrogen) atoms. The summed E-state index contributed by atoms with van der Waals surface area (Å²) in [5, 5.41) is 0. The lowest BCUT2D eigenvalue weighted by atomic mass is 9.71. The molecule has 6 aliphatic rings. The molecular formula is C52H96N2. The zero-order valence-electron chi connectivity index (χ0n) is 37.7. The average Bonchev–Trinajstić information content (AvgIpc) is 3.84. The first kappa shape index (κ1) is 43.5. The lowest BCUT2D eigenvalue weighted by Gasteiger charge is -2.49. The second-order valence-electron chi connectivity index (χ2n) is 22.1. The van der Waals surface area contributed by atoms with E-state index in [-0.39, 0.29) is 0 Å². The van der Waals surface area contributed by atoms with Crippen LogP contribution >= 0.6 is 0 Å². The fraction of sp³-hybridized carbons (Fsp3) is 1.00. The van der Waals surface area contributed by atoms with Gasteiger partial charge < -0.3 is 0 Å². The Morgan fingerprint density at radius 2 is 0.963 bits per heavy atom. The van der Waals surface area contributed by atoms with Crippen molar-refractivity contribution in [3.63, 3.8) is 0 Å². The highest BCUT2D eigenvalue weighted by atomic mass is 15.3. The van der Waals surface area contributed by atoms with Crippen molar-refractivity contribution in [1.82, 2.24) is 9.80 Å². The molecule has 0 bridgehead atoms. The Kier molecular flexibility index (Phi) is 17.5. The maximum absolute atomic E-state index is 3.50. The molecule has 0 aromatic carbocycles. The largest absolute Gasteiger partial charge is 0.294 e. The van der Waals surface area contributed by atoms with Crippen molar-refractivity contribution >= 4 is 0 Å². The summed E-state index contributed by atoms with van der Waals surface area (Å²) in [6.45, 7) is 15.9. The summed E-state index contributed by atoms with van der Waals surface area (Å²) in [6, 6.07) is 5.00. The average molecular weight is 749 g/mol. The fourth-order valence-corrected chi connectivity index (χ4v) is 14.4. The fourth-order valence-electron chi connectivity index (χ4n) is 14.4. The van der Waals surface area contributed by atoms with Crippen LogP contribution in [0.25, 0.3) is 0 Å². The Balaban J connectivity index is 1.43. The highest BCUT2D eigenvalue weighted by Gasteiger charge is 2.64. The van der Waals surface area contributed by atoms with Gasteiger partial charge >= 0.3 is 0 Å². The van der Waals surface area contributed by atoms with E-state index in [1.54, 1.807) is 6.42 Å². The molecule has 6 fully saturated rings. The van der Waals surface area contributed by atoms with Crippen molar-refractivity contribution in [2.45, 2.75) is 290 Å². The summed E-state index contributed by atoms with van der Waals surface area (Å²) >= 11 is 0. The van der Waals surface area contributed by atoms with Gasteiger partial charge in [-0.05, 0) is 105 Å². The van der Waals surface area contributed by atoms with Crippen LogP contribution in [-0.4, -0.2) is 46.1 Å². The number of fused-ring (bicyclic) bond motifs is 1. The standard InChI is InChI=1S/C52H96N2/c1-7-27-42-37-43(8-2)49-50(51(49)54(45-32-23-13-10-14-24-33-45)46-34-25-17-15-19-28-40(3)36-46)48(38-42)53(44-30-21-11-9-12-22-31-44)47-35-26-18-16-20-29-41(4)52(5,6)39-47/h40-51H,7-39H2,1-6H3. The van der Waals surface area contributed by atoms with E-state index in [9.17, 15) is 0 Å². The second-order valence-corrected chi connectivity index (χ2v) is 22.1. The van der Waals surface area contributed by atoms with Crippen LogP contribution in [0, 0.1) is 40.9 Å². The van der Waals surface area contributed by atoms with E-state index in [2.05, 4.69) is 51.3 Å². The summed E-state index contributed by atoms with van der Waals surface area (Å²) in [6.07, 6.45) is 49.0. The van der Waals surface area contributed by atoms with Crippen molar-refractivity contribution in [1.29, 1.82) is 0 Å². The van der Waals surface area contributed by atoms with E-state index < -0.39 is 0 Å². The van der Waals surface area contributed by atoms with Crippen LogP contribution in [0.15, 0.2) is 0 Å². The van der Waals surface area contributed by atoms with Crippen molar-refractivity contribution < 1.29 is 0 Å². The molecule has 2 heteroatoms. The minimum Gasteiger partial charge on any atom is -0.294 e. The molecule has 6 aliphatic carbocycles. The Bertz CT molecular complexity index is 1020. The molecule has 0 aromatic heterocycles. The Labute approximate surface area is 339 Å². The quantitative estimate of drug-likeness (QED) is 0.232. The van der Waals surface area contributed by atoms with Gasteiger partial charge in [0.1, 0.15) is 0 Å². The maximum Gasteiger partial charge on any atom is 0.0182 e. The monoisotopic (exact) mass is 749 g/mol. The van der Waals surface area contributed by atoms with Crippen LogP contribution in [0.3, 0.4) is 0 Å². The van der Waals surface area contributed by atoms with Gasteiger partial charge in [0.15, 0.2) is 0 Å². The van der Waals surface area contributed by atoms with E-state index in [1.807, 2.05) is 0 Å². The Morgan fingerprint density at radius 1 is 0.481 bits per heavy atom. The second kappa shape index (κ2) is 21.8. The van der Waals surface area contributed by atoms with Gasteiger partial charge in [0.2, 0.25) is 0 Å². The third-order valence-electron chi connectivity index (χ3n) is 17.8. The molecular weight excluding hydrogens is 653 g/mol. The van der Waals surface area contributed by atoms with E-state index >= 15 is 0 Å². The number of hydrogen-bond acceptors (Lipinski definition) is 2. The summed E-state index contributed by atoms with van der Waals surface area (Å²) in [4.78, 5) is 6.97. The molecule has 0 heterocycles. The number of nitrogens with zero attached hydrogens (tertiary/aromatic N) is 2. The summed E-state index contributed by atoms with van der Waals surface area (Å²) in [5.74, 6) is 5.51. The third kappa shape index (κ3) is 11.6. The molecule has 0 saturated heterocycles. The van der Waals surface area contributed by atoms with Crippen LogP contribution in [0.1, 0.15) is 253 Å². The molecule has 314 valence electrons. The highest BCUT2D eigenvalue weighted by Crippen LogP contribution is 2.60. The first-order chi connectivity index (χ1) is 26.3. The van der Waals surface area contributed by atoms with E-state index in [0.29, 0.717) is 5.41 Å². The van der Waals surface area contributed by atoms with E-state index in [1.165, 1.54) is 205 Å². The molecule has 6 rings (SSSR count). The van der Waals surface area contributed by atoms with Crippen LogP contribution in [0.4, 0.5) is 0 Å². The molecule has 0 amide bonds. The summed E-state index contributed by atoms with van der Waals surface area (Å²) in [7, 11) is 0. The predicted molar refractivity (Wildman–Crippen MR) is 236 cm³/mol. The molecule has 0 aromatic rings. The van der Waals surface area contributed by atoms with Crippen LogP contribution < -0.4 is 0 Å². The number of hydrogen-bond donors (Lipinski definition) is 0. The van der Waals surface area contributed by atoms with E-state index in [0.717, 1.165) is 71.8 Å². The van der Waals surface area contributed by atoms with Crippen molar-refractivity contribution in [2.75, 3.05) is 0 Å². The minimum atomic E-state index is 0.433.